The van der Waals surface area contributed by atoms with E-state index in [9.17, 15) is 0 Å². The lowest BCUT2D eigenvalue weighted by molar-refractivity contribution is 1.90. The van der Waals surface area contributed by atoms with Crippen molar-refractivity contribution in [3.05, 3.63) is 11.0 Å². The number of allylic oxidation sites excluding steroid dienone is 1. The molecule has 0 bridgehead atoms. The number of hydrogen-bond donors (Lipinski definition) is 0. The van der Waals surface area contributed by atoms with Crippen LogP contribution in [0.1, 0.15) is 0 Å². The maximum absolute atomic E-state index is 5.47. The molecule has 0 unspecified atom stereocenters. The highest BCUT2D eigenvalue weighted by atomic mass is 35.5. The Labute approximate surface area is 62.3 Å². The maximum atomic E-state index is 5.47. The summed E-state index contributed by atoms with van der Waals surface area (Å²) in [4.78, 5) is 3.69. The largest absolute Gasteiger partial charge is 0.408 e. The normalized spacial score (nSPS) is 18.6. The van der Waals surface area contributed by atoms with Crippen molar-refractivity contribution in [2.75, 3.05) is 0 Å². The summed E-state index contributed by atoms with van der Waals surface area (Å²) >= 11 is 16.4. The summed E-state index contributed by atoms with van der Waals surface area (Å²) in [5.41, 5.74) is 0. The monoisotopic (exact) mass is 167 g/mol. The van der Waals surface area contributed by atoms with Gasteiger partial charge in [0, 0.05) is 0 Å². The summed E-state index contributed by atoms with van der Waals surface area (Å²) < 4.78 is 0. The smallest absolute Gasteiger partial charge is 0.305 e. The Balaban J connectivity index is 2.82. The van der Waals surface area contributed by atoms with Crippen molar-refractivity contribution in [2.45, 2.75) is 0 Å². The first-order valence-corrected chi connectivity index (χ1v) is 3.14. The Hall–Kier alpha value is 0.345. The second kappa shape index (κ2) is 2.30. The van der Waals surface area contributed by atoms with E-state index in [1.807, 2.05) is 0 Å². The van der Waals surface area contributed by atoms with E-state index in [4.69, 9.17) is 34.7 Å². The topological polar surface area (TPSA) is 12.4 Å². The van der Waals surface area contributed by atoms with E-state index in [1.165, 1.54) is 0 Å². The Morgan fingerprint density at radius 2 is 2.12 bits per heavy atom. The number of rotatable bonds is 0. The van der Waals surface area contributed by atoms with E-state index in [-0.39, 0.29) is 6.26 Å². The minimum absolute atomic E-state index is 0.298. The first kappa shape index (κ1) is 6.46. The van der Waals surface area contributed by atoms with Crippen LogP contribution in [-0.2, 0) is 0 Å². The van der Waals surface area contributed by atoms with Crippen molar-refractivity contribution < 1.29 is 0 Å². The highest BCUT2D eigenvalue weighted by Crippen LogP contribution is 2.17. The SMILES string of the molecule is ClB1C=C(Cl)C(Cl)=N1. The van der Waals surface area contributed by atoms with Crippen LogP contribution in [0.5, 0.6) is 0 Å². The van der Waals surface area contributed by atoms with E-state index in [0.717, 1.165) is 0 Å². The van der Waals surface area contributed by atoms with Gasteiger partial charge < -0.3 is 4.90 Å². The zero-order valence-electron chi connectivity index (χ0n) is 3.74. The lowest BCUT2D eigenvalue weighted by Gasteiger charge is -1.80. The van der Waals surface area contributed by atoms with Crippen LogP contribution >= 0.6 is 34.7 Å². The zero-order valence-corrected chi connectivity index (χ0v) is 6.00. The number of nitrogens with zero attached hydrogens (tertiary/aromatic N) is 1. The summed E-state index contributed by atoms with van der Waals surface area (Å²) in [7, 11) is 0. The van der Waals surface area contributed by atoms with Gasteiger partial charge in [0.05, 0.1) is 5.03 Å². The van der Waals surface area contributed by atoms with Gasteiger partial charge in [-0.3, -0.25) is 0 Å². The van der Waals surface area contributed by atoms with E-state index in [0.29, 0.717) is 10.2 Å². The second-order valence-corrected chi connectivity index (χ2v) is 2.52. The fourth-order valence-corrected chi connectivity index (χ4v) is 1.07. The lowest BCUT2D eigenvalue weighted by atomic mass is 9.97. The summed E-state index contributed by atoms with van der Waals surface area (Å²) in [5, 5.41) is 0.735. The molecule has 0 aromatic rings. The molecule has 1 aliphatic rings. The van der Waals surface area contributed by atoms with Crippen molar-refractivity contribution in [2.24, 2.45) is 4.90 Å². The molecule has 0 N–H and O–H groups in total. The third-order valence-corrected chi connectivity index (χ3v) is 1.64. The van der Waals surface area contributed by atoms with Crippen LogP contribution in [0.25, 0.3) is 0 Å². The van der Waals surface area contributed by atoms with Gasteiger partial charge in [-0.1, -0.05) is 29.2 Å². The molecule has 0 fully saturated rings. The molecule has 0 radical (unpaired) electrons. The lowest BCUT2D eigenvalue weighted by Crippen LogP contribution is -1.87. The second-order valence-electron chi connectivity index (χ2n) is 1.31. The van der Waals surface area contributed by atoms with Crippen molar-refractivity contribution in [1.29, 1.82) is 0 Å². The minimum atomic E-state index is -0.366. The molecule has 42 valence electrons. The standard InChI is InChI=1S/C3HBCl3N/c5-2-1-4(7)8-3(2)6/h1H. The molecule has 0 spiro atoms. The predicted molar refractivity (Wildman–Crippen MR) is 38.8 cm³/mol. The molecule has 0 saturated heterocycles. The summed E-state index contributed by atoms with van der Waals surface area (Å²) in [6.07, 6.45) is -0.366. The Morgan fingerprint density at radius 1 is 1.50 bits per heavy atom. The maximum Gasteiger partial charge on any atom is 0.408 e. The zero-order chi connectivity index (χ0) is 6.15. The van der Waals surface area contributed by atoms with E-state index in [2.05, 4.69) is 4.90 Å². The Kier molecular flexibility index (Phi) is 1.86. The molecule has 1 aliphatic heterocycles. The van der Waals surface area contributed by atoms with E-state index in [1.54, 1.807) is 5.98 Å². The fraction of sp³-hybridized carbons (Fsp3) is 0. The predicted octanol–water partition coefficient (Wildman–Crippen LogP) is 2.03. The molecule has 0 aliphatic carbocycles. The van der Waals surface area contributed by atoms with Gasteiger partial charge in [0.1, 0.15) is 5.17 Å². The van der Waals surface area contributed by atoms with Crippen LogP contribution in [-0.4, -0.2) is 11.4 Å². The molecule has 0 aromatic heterocycles. The molecular weight excluding hydrogens is 167 g/mol. The molecule has 0 aromatic carbocycles. The molecule has 0 atom stereocenters. The van der Waals surface area contributed by atoms with Crippen LogP contribution in [0.2, 0.25) is 0 Å². The molecule has 8 heavy (non-hydrogen) atoms. The molecule has 0 amide bonds. The van der Waals surface area contributed by atoms with Crippen LogP contribution in [0.3, 0.4) is 0 Å². The van der Waals surface area contributed by atoms with Crippen molar-refractivity contribution >= 4 is 46.1 Å². The van der Waals surface area contributed by atoms with Crippen molar-refractivity contribution in [3.63, 3.8) is 0 Å². The summed E-state index contributed by atoms with van der Waals surface area (Å²) in [6, 6.07) is 0. The first-order chi connectivity index (χ1) is 3.70. The van der Waals surface area contributed by atoms with E-state index >= 15 is 0 Å². The quantitative estimate of drug-likeness (QED) is 0.491. The van der Waals surface area contributed by atoms with Crippen LogP contribution in [0, 0.1) is 0 Å². The van der Waals surface area contributed by atoms with Gasteiger partial charge in [0.2, 0.25) is 0 Å². The van der Waals surface area contributed by atoms with Gasteiger partial charge in [-0.05, 0) is 0 Å². The highest BCUT2D eigenvalue weighted by Gasteiger charge is 2.16. The molecule has 0 saturated carbocycles. The van der Waals surface area contributed by atoms with Gasteiger partial charge in [0.15, 0.2) is 0 Å². The third kappa shape index (κ3) is 1.19. The van der Waals surface area contributed by atoms with Crippen LogP contribution in [0.15, 0.2) is 15.9 Å². The Bertz CT molecular complexity index is 146. The first-order valence-electron chi connectivity index (χ1n) is 1.95. The molecule has 5 heteroatoms. The van der Waals surface area contributed by atoms with Gasteiger partial charge in [-0.15, -0.1) is 0 Å². The summed E-state index contributed by atoms with van der Waals surface area (Å²) in [6.45, 7) is 0. The van der Waals surface area contributed by atoms with Gasteiger partial charge >= 0.3 is 6.26 Å². The van der Waals surface area contributed by atoms with Crippen LogP contribution in [0.4, 0.5) is 0 Å². The highest BCUT2D eigenvalue weighted by molar-refractivity contribution is 7.12. The molecule has 1 heterocycles. The van der Waals surface area contributed by atoms with Gasteiger partial charge in [-0.25, -0.2) is 0 Å². The summed E-state index contributed by atoms with van der Waals surface area (Å²) in [5.74, 6) is 1.57. The van der Waals surface area contributed by atoms with E-state index < -0.39 is 0 Å². The third-order valence-electron chi connectivity index (χ3n) is 0.718. The Morgan fingerprint density at radius 3 is 2.25 bits per heavy atom. The molecular formula is C3HBCl3N. The van der Waals surface area contributed by atoms with Crippen molar-refractivity contribution in [1.82, 2.24) is 0 Å². The number of hydrogen-bond acceptors (Lipinski definition) is 1. The van der Waals surface area contributed by atoms with Crippen molar-refractivity contribution in [3.8, 4) is 0 Å². The fourth-order valence-electron chi connectivity index (χ4n) is 0.397. The average molecular weight is 168 g/mol. The molecule has 1 rings (SSSR count). The van der Waals surface area contributed by atoms with Gasteiger partial charge in [0.25, 0.3) is 0 Å². The molecule has 1 nitrogen and oxygen atoms in total. The average Bonchev–Trinajstić information content (AvgIpc) is 1.85. The minimum Gasteiger partial charge on any atom is -0.305 e. The van der Waals surface area contributed by atoms with Crippen LogP contribution < -0.4 is 0 Å². The van der Waals surface area contributed by atoms with Gasteiger partial charge in [-0.2, -0.15) is 11.5 Å². The number of halogens is 3.